The number of hydrogen-bond acceptors (Lipinski definition) is 3. The molecule has 1 unspecified atom stereocenters. The van der Waals surface area contributed by atoms with E-state index in [0.717, 1.165) is 19.4 Å². The zero-order valence-electron chi connectivity index (χ0n) is 6.19. The van der Waals surface area contributed by atoms with Crippen LogP contribution in [0.15, 0.2) is 0 Å². The van der Waals surface area contributed by atoms with Crippen molar-refractivity contribution in [3.05, 3.63) is 0 Å². The zero-order valence-corrected chi connectivity index (χ0v) is 7.01. The van der Waals surface area contributed by atoms with Crippen molar-refractivity contribution in [3.63, 3.8) is 0 Å². The Kier molecular flexibility index (Phi) is 2.86. The van der Waals surface area contributed by atoms with Crippen LogP contribution in [-0.2, 0) is 14.9 Å². The molecule has 0 amide bonds. The van der Waals surface area contributed by atoms with E-state index >= 15 is 0 Å². The van der Waals surface area contributed by atoms with E-state index in [2.05, 4.69) is 0 Å². The predicted molar refractivity (Wildman–Crippen MR) is 40.0 cm³/mol. The molecule has 0 saturated carbocycles. The summed E-state index contributed by atoms with van der Waals surface area (Å²) in [7, 11) is -3.74. The molecule has 1 atom stereocenters. The number of unbranched alkanes of at least 4 members (excludes halogenated alkanes) is 1. The fourth-order valence-corrected chi connectivity index (χ4v) is 1.46. The van der Waals surface area contributed by atoms with E-state index < -0.39 is 10.1 Å². The summed E-state index contributed by atoms with van der Waals surface area (Å²) in [6.07, 6.45) is 2.61. The minimum atomic E-state index is -3.74. The van der Waals surface area contributed by atoms with Crippen LogP contribution in [0.1, 0.15) is 19.3 Å². The van der Waals surface area contributed by atoms with Crippen LogP contribution in [0.3, 0.4) is 0 Å². The lowest BCUT2D eigenvalue weighted by atomic mass is 10.2. The van der Waals surface area contributed by atoms with E-state index in [0.29, 0.717) is 12.5 Å². The molecule has 1 aliphatic heterocycles. The SMILES string of the molecule is O=S(=O)(O)CCCCC1CO1. The summed E-state index contributed by atoms with van der Waals surface area (Å²) in [4.78, 5) is 0. The Balaban J connectivity index is 1.95. The second-order valence-corrected chi connectivity index (χ2v) is 4.31. The molecular weight excluding hydrogens is 168 g/mol. The summed E-state index contributed by atoms with van der Waals surface area (Å²) in [5.41, 5.74) is 0. The number of hydrogen-bond donors (Lipinski definition) is 1. The first kappa shape index (κ1) is 8.96. The van der Waals surface area contributed by atoms with E-state index in [1.54, 1.807) is 0 Å². The molecule has 4 nitrogen and oxygen atoms in total. The smallest absolute Gasteiger partial charge is 0.264 e. The third-order valence-electron chi connectivity index (χ3n) is 1.58. The third kappa shape index (κ3) is 5.17. The average Bonchev–Trinajstić information content (AvgIpc) is 2.60. The quantitative estimate of drug-likeness (QED) is 0.379. The zero-order chi connectivity index (χ0) is 8.32. The van der Waals surface area contributed by atoms with E-state index in [1.165, 1.54) is 0 Å². The summed E-state index contributed by atoms with van der Waals surface area (Å²) in [6, 6.07) is 0. The third-order valence-corrected chi connectivity index (χ3v) is 2.39. The van der Waals surface area contributed by atoms with Gasteiger partial charge in [-0.3, -0.25) is 4.55 Å². The normalized spacial score (nSPS) is 23.5. The maximum atomic E-state index is 10.2. The minimum absolute atomic E-state index is 0.125. The first-order valence-corrected chi connectivity index (χ1v) is 5.25. The Morgan fingerprint density at radius 1 is 1.45 bits per heavy atom. The molecule has 0 aliphatic carbocycles. The van der Waals surface area contributed by atoms with Crippen LogP contribution < -0.4 is 0 Å². The summed E-state index contributed by atoms with van der Waals surface area (Å²) >= 11 is 0. The summed E-state index contributed by atoms with van der Waals surface area (Å²) < 4.78 is 33.7. The van der Waals surface area contributed by atoms with Crippen molar-refractivity contribution in [3.8, 4) is 0 Å². The van der Waals surface area contributed by atoms with Gasteiger partial charge < -0.3 is 4.74 Å². The van der Waals surface area contributed by atoms with Gasteiger partial charge in [0.2, 0.25) is 0 Å². The maximum Gasteiger partial charge on any atom is 0.264 e. The number of ether oxygens (including phenoxy) is 1. The largest absolute Gasteiger partial charge is 0.373 e. The Bertz CT molecular complexity index is 205. The average molecular weight is 180 g/mol. The molecule has 0 aromatic rings. The molecule has 1 fully saturated rings. The van der Waals surface area contributed by atoms with Crippen molar-refractivity contribution in [1.82, 2.24) is 0 Å². The van der Waals surface area contributed by atoms with Gasteiger partial charge in [0, 0.05) is 0 Å². The molecule has 0 spiro atoms. The van der Waals surface area contributed by atoms with E-state index in [4.69, 9.17) is 9.29 Å². The van der Waals surface area contributed by atoms with Gasteiger partial charge in [-0.05, 0) is 19.3 Å². The highest BCUT2D eigenvalue weighted by Gasteiger charge is 2.21. The van der Waals surface area contributed by atoms with E-state index in [1.807, 2.05) is 0 Å². The maximum absolute atomic E-state index is 10.2. The van der Waals surface area contributed by atoms with Crippen LogP contribution in [0.2, 0.25) is 0 Å². The lowest BCUT2D eigenvalue weighted by Gasteiger charge is -1.95. The van der Waals surface area contributed by atoms with Gasteiger partial charge in [0.05, 0.1) is 18.5 Å². The van der Waals surface area contributed by atoms with E-state index in [9.17, 15) is 8.42 Å². The molecule has 0 aromatic heterocycles. The molecule has 1 saturated heterocycles. The first-order valence-electron chi connectivity index (χ1n) is 3.65. The summed E-state index contributed by atoms with van der Waals surface area (Å²) in [5, 5.41) is 0. The lowest BCUT2D eigenvalue weighted by Crippen LogP contribution is -2.03. The monoisotopic (exact) mass is 180 g/mol. The van der Waals surface area contributed by atoms with Gasteiger partial charge in [-0.2, -0.15) is 8.42 Å². The molecule has 1 rings (SSSR count). The molecule has 5 heteroatoms. The topological polar surface area (TPSA) is 66.9 Å². The van der Waals surface area contributed by atoms with Gasteiger partial charge in [-0.15, -0.1) is 0 Å². The molecular formula is C6H12O4S. The standard InChI is InChI=1S/C6H12O4S/c7-11(8,9)4-2-1-3-6-5-10-6/h6H,1-5H2,(H,7,8,9). The van der Waals surface area contributed by atoms with Gasteiger partial charge in [-0.25, -0.2) is 0 Å². The number of epoxide rings is 1. The van der Waals surface area contributed by atoms with Crippen LogP contribution in [0.5, 0.6) is 0 Å². The first-order chi connectivity index (χ1) is 5.08. The molecule has 1 heterocycles. The van der Waals surface area contributed by atoms with Crippen LogP contribution in [0, 0.1) is 0 Å². The fourth-order valence-electron chi connectivity index (χ4n) is 0.891. The second-order valence-electron chi connectivity index (χ2n) is 2.74. The predicted octanol–water partition coefficient (Wildman–Crippen LogP) is 0.443. The molecule has 0 aromatic carbocycles. The Morgan fingerprint density at radius 2 is 2.09 bits per heavy atom. The highest BCUT2D eigenvalue weighted by Crippen LogP contribution is 2.16. The van der Waals surface area contributed by atoms with Crippen molar-refractivity contribution in [2.45, 2.75) is 25.4 Å². The second kappa shape index (κ2) is 3.51. The Labute approximate surface area is 66.3 Å². The molecule has 1 N–H and O–H groups in total. The van der Waals surface area contributed by atoms with Gasteiger partial charge in [0.1, 0.15) is 0 Å². The van der Waals surface area contributed by atoms with Gasteiger partial charge >= 0.3 is 0 Å². The van der Waals surface area contributed by atoms with Gasteiger partial charge in [0.25, 0.3) is 10.1 Å². The number of rotatable bonds is 5. The van der Waals surface area contributed by atoms with Crippen LogP contribution in [-0.4, -0.2) is 31.4 Å². The molecule has 66 valence electrons. The molecule has 0 radical (unpaired) electrons. The summed E-state index contributed by atoms with van der Waals surface area (Å²) in [6.45, 7) is 0.811. The fraction of sp³-hybridized carbons (Fsp3) is 1.00. The highest BCUT2D eigenvalue weighted by molar-refractivity contribution is 7.85. The lowest BCUT2D eigenvalue weighted by molar-refractivity contribution is 0.390. The van der Waals surface area contributed by atoms with Gasteiger partial charge in [-0.1, -0.05) is 0 Å². The van der Waals surface area contributed by atoms with Crippen molar-refractivity contribution < 1.29 is 17.7 Å². The van der Waals surface area contributed by atoms with Crippen molar-refractivity contribution in [1.29, 1.82) is 0 Å². The highest BCUT2D eigenvalue weighted by atomic mass is 32.2. The molecule has 1 aliphatic rings. The molecule has 0 bridgehead atoms. The van der Waals surface area contributed by atoms with Crippen LogP contribution in [0.25, 0.3) is 0 Å². The Morgan fingerprint density at radius 3 is 2.55 bits per heavy atom. The van der Waals surface area contributed by atoms with Crippen molar-refractivity contribution in [2.75, 3.05) is 12.4 Å². The van der Waals surface area contributed by atoms with E-state index in [-0.39, 0.29) is 5.75 Å². The van der Waals surface area contributed by atoms with Gasteiger partial charge in [0.15, 0.2) is 0 Å². The van der Waals surface area contributed by atoms with Crippen molar-refractivity contribution in [2.24, 2.45) is 0 Å². The Hall–Kier alpha value is -0.130. The van der Waals surface area contributed by atoms with Crippen LogP contribution >= 0.6 is 0 Å². The molecule has 11 heavy (non-hydrogen) atoms. The minimum Gasteiger partial charge on any atom is -0.373 e. The summed E-state index contributed by atoms with van der Waals surface area (Å²) in [5.74, 6) is -0.125. The van der Waals surface area contributed by atoms with Crippen molar-refractivity contribution >= 4 is 10.1 Å². The van der Waals surface area contributed by atoms with Crippen LogP contribution in [0.4, 0.5) is 0 Å².